The lowest BCUT2D eigenvalue weighted by atomic mass is 10.1. The van der Waals surface area contributed by atoms with Gasteiger partial charge in [-0.25, -0.2) is 0 Å². The molecule has 0 radical (unpaired) electrons. The number of halogens is 1. The zero-order valence-corrected chi connectivity index (χ0v) is 17.9. The molecule has 29 heavy (non-hydrogen) atoms. The maximum absolute atomic E-state index is 12.3. The number of carbonyl (C=O) groups is 1. The van der Waals surface area contributed by atoms with Crippen molar-refractivity contribution in [2.75, 3.05) is 45.3 Å². The molecule has 1 saturated heterocycles. The highest BCUT2D eigenvalue weighted by Gasteiger charge is 2.17. The van der Waals surface area contributed by atoms with Crippen molar-refractivity contribution in [3.8, 4) is 11.5 Å². The Balaban J connectivity index is 1.63. The van der Waals surface area contributed by atoms with E-state index in [-0.39, 0.29) is 12.5 Å². The minimum Gasteiger partial charge on any atom is -0.493 e. The molecule has 0 unspecified atom stereocenters. The van der Waals surface area contributed by atoms with Crippen molar-refractivity contribution < 1.29 is 19.0 Å². The molecule has 0 bridgehead atoms. The molecule has 0 aromatic heterocycles. The van der Waals surface area contributed by atoms with Crippen LogP contribution in [0.15, 0.2) is 36.4 Å². The normalized spacial score (nSPS) is 13.7. The highest BCUT2D eigenvalue weighted by atomic mass is 35.5. The Labute approximate surface area is 180 Å². The van der Waals surface area contributed by atoms with Crippen LogP contribution in [-0.2, 0) is 9.53 Å². The van der Waals surface area contributed by atoms with Crippen molar-refractivity contribution in [2.24, 2.45) is 0 Å². The maximum Gasteiger partial charge on any atom is 0.262 e. The first-order chi connectivity index (χ1) is 14.0. The van der Waals surface area contributed by atoms with E-state index in [2.05, 4.69) is 10.2 Å². The van der Waals surface area contributed by atoms with Crippen LogP contribution in [0.3, 0.4) is 0 Å². The van der Waals surface area contributed by atoms with E-state index >= 15 is 0 Å². The van der Waals surface area contributed by atoms with Gasteiger partial charge in [0.15, 0.2) is 18.1 Å². The Hall–Kier alpha value is -2.35. The minimum atomic E-state index is -0.287. The van der Waals surface area contributed by atoms with Gasteiger partial charge >= 0.3 is 0 Å². The average Bonchev–Trinajstić information content (AvgIpc) is 2.74. The molecule has 1 aliphatic heterocycles. The summed E-state index contributed by atoms with van der Waals surface area (Å²) in [6.07, 6.45) is 0. The summed E-state index contributed by atoms with van der Waals surface area (Å²) in [5.41, 5.74) is 2.44. The summed E-state index contributed by atoms with van der Waals surface area (Å²) in [6, 6.07) is 10.8. The van der Waals surface area contributed by atoms with E-state index in [1.807, 2.05) is 25.1 Å². The van der Waals surface area contributed by atoms with Gasteiger partial charge in [0, 0.05) is 29.4 Å². The van der Waals surface area contributed by atoms with Crippen LogP contribution in [0, 0.1) is 6.92 Å². The first-order valence-electron chi connectivity index (χ1n) is 9.22. The molecule has 154 valence electrons. The summed E-state index contributed by atoms with van der Waals surface area (Å²) in [5, 5.41) is 3.36. The molecule has 8 heteroatoms. The Morgan fingerprint density at radius 3 is 2.69 bits per heavy atom. The fourth-order valence-electron chi connectivity index (χ4n) is 2.93. The van der Waals surface area contributed by atoms with Gasteiger partial charge in [-0.1, -0.05) is 29.9 Å². The van der Waals surface area contributed by atoms with E-state index in [1.54, 1.807) is 25.3 Å². The zero-order valence-electron chi connectivity index (χ0n) is 16.4. The monoisotopic (exact) mass is 434 g/mol. The molecule has 1 amide bonds. The Morgan fingerprint density at radius 1 is 1.21 bits per heavy atom. The molecule has 1 heterocycles. The quantitative estimate of drug-likeness (QED) is 0.700. The van der Waals surface area contributed by atoms with E-state index in [1.165, 1.54) is 0 Å². The highest BCUT2D eigenvalue weighted by Crippen LogP contribution is 2.29. The molecule has 0 aliphatic carbocycles. The number of nitrogens with one attached hydrogen (secondary N) is 1. The third-order valence-electron chi connectivity index (χ3n) is 4.54. The number of nitrogens with zero attached hydrogens (tertiary/aromatic N) is 1. The van der Waals surface area contributed by atoms with E-state index in [0.717, 1.165) is 29.2 Å². The number of thiocarbonyl (C=S) groups is 1. The summed E-state index contributed by atoms with van der Waals surface area (Å²) in [7, 11) is 1.55. The summed E-state index contributed by atoms with van der Waals surface area (Å²) in [6.45, 7) is 4.60. The molecule has 0 spiro atoms. The number of carbonyl (C=O) groups excluding carboxylic acids is 1. The Morgan fingerprint density at radius 2 is 1.97 bits per heavy atom. The molecular weight excluding hydrogens is 412 g/mol. The predicted molar refractivity (Wildman–Crippen MR) is 117 cm³/mol. The number of benzene rings is 2. The second-order valence-electron chi connectivity index (χ2n) is 6.57. The number of anilines is 1. The van der Waals surface area contributed by atoms with Crippen LogP contribution in [0.1, 0.15) is 11.1 Å². The molecule has 6 nitrogen and oxygen atoms in total. The molecule has 2 aromatic rings. The summed E-state index contributed by atoms with van der Waals surface area (Å²) in [5.74, 6) is 0.703. The van der Waals surface area contributed by atoms with Crippen molar-refractivity contribution in [1.29, 1.82) is 0 Å². The van der Waals surface area contributed by atoms with Crippen molar-refractivity contribution in [3.63, 3.8) is 0 Å². The molecule has 1 fully saturated rings. The molecule has 1 N–H and O–H groups in total. The van der Waals surface area contributed by atoms with Gasteiger partial charge in [0.25, 0.3) is 5.91 Å². The molecule has 0 saturated carbocycles. The summed E-state index contributed by atoms with van der Waals surface area (Å²) >= 11 is 11.6. The lowest BCUT2D eigenvalue weighted by molar-refractivity contribution is -0.118. The zero-order chi connectivity index (χ0) is 20.8. The van der Waals surface area contributed by atoms with E-state index < -0.39 is 0 Å². The van der Waals surface area contributed by atoms with Crippen LogP contribution < -0.4 is 14.8 Å². The average molecular weight is 435 g/mol. The largest absolute Gasteiger partial charge is 0.493 e. The van der Waals surface area contributed by atoms with Crippen molar-refractivity contribution in [3.05, 3.63) is 52.5 Å². The highest BCUT2D eigenvalue weighted by molar-refractivity contribution is 7.80. The topological polar surface area (TPSA) is 60.0 Å². The first kappa shape index (κ1) is 21.4. The van der Waals surface area contributed by atoms with Gasteiger partial charge in [0.1, 0.15) is 4.99 Å². The standard InChI is InChI=1S/C21H23ClN2O4S/c1-14-3-5-16(22)12-17(14)23-20(25)13-28-18-6-4-15(11-19(18)26-2)21(29)24-7-9-27-10-8-24/h3-6,11-12H,7-10,13H2,1-2H3,(H,23,25). The van der Waals surface area contributed by atoms with E-state index in [9.17, 15) is 4.79 Å². The summed E-state index contributed by atoms with van der Waals surface area (Å²) < 4.78 is 16.5. The van der Waals surface area contributed by atoms with E-state index in [0.29, 0.717) is 35.4 Å². The van der Waals surface area contributed by atoms with Crippen LogP contribution in [0.4, 0.5) is 5.69 Å². The molecule has 2 aromatic carbocycles. The summed E-state index contributed by atoms with van der Waals surface area (Å²) in [4.78, 5) is 15.1. The second-order valence-corrected chi connectivity index (χ2v) is 7.39. The number of aryl methyl sites for hydroxylation is 1. The van der Waals surface area contributed by atoms with Crippen LogP contribution >= 0.6 is 23.8 Å². The fourth-order valence-corrected chi connectivity index (χ4v) is 3.41. The Bertz CT molecular complexity index is 900. The number of morpholine rings is 1. The van der Waals surface area contributed by atoms with Gasteiger partial charge in [0.05, 0.1) is 20.3 Å². The number of rotatable bonds is 6. The number of methoxy groups -OCH3 is 1. The molecular formula is C21H23ClN2O4S. The number of hydrogen-bond donors (Lipinski definition) is 1. The SMILES string of the molecule is COc1cc(C(=S)N2CCOCC2)ccc1OCC(=O)Nc1cc(Cl)ccc1C. The van der Waals surface area contributed by atoms with Gasteiger partial charge in [-0.3, -0.25) is 4.79 Å². The molecule has 3 rings (SSSR count). The smallest absolute Gasteiger partial charge is 0.262 e. The lowest BCUT2D eigenvalue weighted by Crippen LogP contribution is -2.40. The van der Waals surface area contributed by atoms with Crippen LogP contribution in [-0.4, -0.2) is 55.8 Å². The van der Waals surface area contributed by atoms with E-state index in [4.69, 9.17) is 38.0 Å². The van der Waals surface area contributed by atoms with Crippen molar-refractivity contribution >= 4 is 40.4 Å². The number of ether oxygens (including phenoxy) is 3. The number of amides is 1. The van der Waals surface area contributed by atoms with Crippen molar-refractivity contribution in [2.45, 2.75) is 6.92 Å². The number of hydrogen-bond acceptors (Lipinski definition) is 5. The van der Waals surface area contributed by atoms with Gasteiger partial charge in [-0.2, -0.15) is 0 Å². The predicted octanol–water partition coefficient (Wildman–Crippen LogP) is 3.68. The van der Waals surface area contributed by atoms with Crippen LogP contribution in [0.2, 0.25) is 5.02 Å². The lowest BCUT2D eigenvalue weighted by Gasteiger charge is -2.29. The van der Waals surface area contributed by atoms with Crippen LogP contribution in [0.25, 0.3) is 0 Å². The third-order valence-corrected chi connectivity index (χ3v) is 5.27. The van der Waals surface area contributed by atoms with Crippen molar-refractivity contribution in [1.82, 2.24) is 4.90 Å². The van der Waals surface area contributed by atoms with Gasteiger partial charge in [-0.15, -0.1) is 0 Å². The second kappa shape index (κ2) is 9.91. The van der Waals surface area contributed by atoms with Gasteiger partial charge in [-0.05, 0) is 42.8 Å². The van der Waals surface area contributed by atoms with Gasteiger partial charge < -0.3 is 24.4 Å². The van der Waals surface area contributed by atoms with Crippen LogP contribution in [0.5, 0.6) is 11.5 Å². The third kappa shape index (κ3) is 5.59. The Kier molecular flexibility index (Phi) is 7.30. The van der Waals surface area contributed by atoms with Gasteiger partial charge in [0.2, 0.25) is 0 Å². The molecule has 1 aliphatic rings. The minimum absolute atomic E-state index is 0.157. The fraction of sp³-hybridized carbons (Fsp3) is 0.333. The maximum atomic E-state index is 12.3. The molecule has 0 atom stereocenters. The first-order valence-corrected chi connectivity index (χ1v) is 10.0.